The molecule has 0 spiro atoms. The van der Waals surface area contributed by atoms with Crippen LogP contribution in [0.2, 0.25) is 0 Å². The molecule has 158 valence electrons. The molecule has 0 bridgehead atoms. The molecule has 1 heterocycles. The summed E-state index contributed by atoms with van der Waals surface area (Å²) >= 11 is 0. The molecule has 0 fully saturated rings. The topological polar surface area (TPSA) is 77.8 Å². The monoisotopic (exact) mass is 402 g/mol. The van der Waals surface area contributed by atoms with Crippen LogP contribution in [0.1, 0.15) is 64.8 Å². The average molecular weight is 403 g/mol. The Hall–Kier alpha value is -2.76. The molecule has 6 heteroatoms. The third-order valence-electron chi connectivity index (χ3n) is 4.38. The highest BCUT2D eigenvalue weighted by atomic mass is 19.1. The summed E-state index contributed by atoms with van der Waals surface area (Å²) in [6, 6.07) is 5.39. The Morgan fingerprint density at radius 3 is 2.07 bits per heavy atom. The average Bonchev–Trinajstić information content (AvgIpc) is 2.70. The Bertz CT molecular complexity index is 810. The minimum Gasteiger partial charge on any atom is -0.401 e. The third-order valence-corrected chi connectivity index (χ3v) is 4.38. The lowest BCUT2D eigenvalue weighted by Crippen LogP contribution is -2.16. The van der Waals surface area contributed by atoms with E-state index in [0.29, 0.717) is 23.0 Å². The highest BCUT2D eigenvalue weighted by Crippen LogP contribution is 2.28. The molecule has 0 aliphatic carbocycles. The lowest BCUT2D eigenvalue weighted by atomic mass is 9.91. The fraction of sp³-hybridized carbons (Fsp3) is 0.391. The van der Waals surface area contributed by atoms with E-state index in [-0.39, 0.29) is 17.2 Å². The van der Waals surface area contributed by atoms with Crippen LogP contribution < -0.4 is 11.5 Å². The highest BCUT2D eigenvalue weighted by Gasteiger charge is 2.20. The van der Waals surface area contributed by atoms with Crippen LogP contribution in [0.3, 0.4) is 0 Å². The maximum atomic E-state index is 14.0. The molecule has 29 heavy (non-hydrogen) atoms. The Morgan fingerprint density at radius 1 is 1.00 bits per heavy atom. The van der Waals surface area contributed by atoms with E-state index in [0.717, 1.165) is 12.8 Å². The molecule has 0 radical (unpaired) electrons. The fourth-order valence-electron chi connectivity index (χ4n) is 2.85. The van der Waals surface area contributed by atoms with E-state index in [1.807, 2.05) is 13.8 Å². The summed E-state index contributed by atoms with van der Waals surface area (Å²) in [5.41, 5.74) is 13.3. The summed E-state index contributed by atoms with van der Waals surface area (Å²) < 4.78 is 27.9. The van der Waals surface area contributed by atoms with Gasteiger partial charge in [-0.3, -0.25) is 0 Å². The van der Waals surface area contributed by atoms with Crippen LogP contribution in [-0.4, -0.2) is 9.97 Å². The van der Waals surface area contributed by atoms with Gasteiger partial charge >= 0.3 is 0 Å². The minimum atomic E-state index is -0.710. The van der Waals surface area contributed by atoms with Gasteiger partial charge in [0.15, 0.2) is 0 Å². The van der Waals surface area contributed by atoms with E-state index in [9.17, 15) is 8.78 Å². The predicted molar refractivity (Wildman–Crippen MR) is 116 cm³/mol. The second-order valence-corrected chi connectivity index (χ2v) is 6.97. The van der Waals surface area contributed by atoms with Crippen molar-refractivity contribution < 1.29 is 8.78 Å². The number of halogens is 2. The van der Waals surface area contributed by atoms with Gasteiger partial charge < -0.3 is 11.5 Å². The van der Waals surface area contributed by atoms with Crippen LogP contribution in [0.5, 0.6) is 0 Å². The van der Waals surface area contributed by atoms with Crippen molar-refractivity contribution in [2.75, 3.05) is 0 Å². The molecule has 2 aromatic rings. The molecular formula is C23H32F2N4. The third kappa shape index (κ3) is 6.97. The van der Waals surface area contributed by atoms with Gasteiger partial charge in [0.2, 0.25) is 0 Å². The molecule has 0 saturated heterocycles. The second-order valence-electron chi connectivity index (χ2n) is 6.97. The maximum Gasteiger partial charge on any atom is 0.137 e. The standard InChI is InChI=1S/C21H26F2N4.C2H6/c1-13(2)8-9-15(21-26-10-5-11-27-21)20(25)14(3)12-18(24)19-16(22)6-4-7-17(19)23;1-2/h4-7,10-13,15H,8-9,24-25H2,1-3H3;1-2H3/b18-12-,20-14-;. The number of hydrogen-bond donors (Lipinski definition) is 2. The second kappa shape index (κ2) is 11.9. The van der Waals surface area contributed by atoms with Crippen molar-refractivity contribution >= 4 is 5.70 Å². The summed E-state index contributed by atoms with van der Waals surface area (Å²) in [7, 11) is 0. The molecule has 0 aliphatic heterocycles. The van der Waals surface area contributed by atoms with E-state index >= 15 is 0 Å². The molecule has 0 saturated carbocycles. The first-order valence-electron chi connectivity index (χ1n) is 9.96. The summed E-state index contributed by atoms with van der Waals surface area (Å²) in [6.45, 7) is 10.0. The Morgan fingerprint density at radius 2 is 1.55 bits per heavy atom. The molecule has 1 aromatic heterocycles. The molecule has 1 unspecified atom stereocenters. The lowest BCUT2D eigenvalue weighted by molar-refractivity contribution is 0.512. The number of allylic oxidation sites excluding steroid dienone is 3. The summed E-state index contributed by atoms with van der Waals surface area (Å²) in [5.74, 6) is -0.490. The number of aromatic nitrogens is 2. The van der Waals surface area contributed by atoms with Crippen LogP contribution in [-0.2, 0) is 0 Å². The first kappa shape index (κ1) is 24.3. The van der Waals surface area contributed by atoms with Crippen molar-refractivity contribution in [1.82, 2.24) is 9.97 Å². The normalized spacial score (nSPS) is 13.4. The van der Waals surface area contributed by atoms with Gasteiger partial charge in [0.05, 0.1) is 11.5 Å². The van der Waals surface area contributed by atoms with Crippen molar-refractivity contribution in [2.45, 2.75) is 53.4 Å². The fourth-order valence-corrected chi connectivity index (χ4v) is 2.85. The first-order valence-corrected chi connectivity index (χ1v) is 9.96. The van der Waals surface area contributed by atoms with Gasteiger partial charge in [0, 0.05) is 23.8 Å². The number of nitrogens with zero attached hydrogens (tertiary/aromatic N) is 2. The predicted octanol–water partition coefficient (Wildman–Crippen LogP) is 5.53. The zero-order chi connectivity index (χ0) is 22.0. The summed E-state index contributed by atoms with van der Waals surface area (Å²) in [6.07, 6.45) is 6.56. The zero-order valence-electron chi connectivity index (χ0n) is 17.9. The summed E-state index contributed by atoms with van der Waals surface area (Å²) in [4.78, 5) is 8.66. The van der Waals surface area contributed by atoms with E-state index in [4.69, 9.17) is 11.5 Å². The SMILES string of the molecule is CC.CC(/C=C(\N)c1c(F)cccc1F)=C(/N)C(CCC(C)C)c1ncccn1. The van der Waals surface area contributed by atoms with Crippen LogP contribution >= 0.6 is 0 Å². The van der Waals surface area contributed by atoms with Gasteiger partial charge in [-0.1, -0.05) is 33.8 Å². The smallest absolute Gasteiger partial charge is 0.137 e. The number of nitrogens with two attached hydrogens (primary N) is 2. The van der Waals surface area contributed by atoms with Crippen LogP contribution in [0.4, 0.5) is 8.78 Å². The highest BCUT2D eigenvalue weighted by molar-refractivity contribution is 5.66. The maximum absolute atomic E-state index is 14.0. The molecule has 1 atom stereocenters. The number of hydrogen-bond acceptors (Lipinski definition) is 4. The van der Waals surface area contributed by atoms with Gasteiger partial charge in [-0.15, -0.1) is 0 Å². The Labute approximate surface area is 172 Å². The van der Waals surface area contributed by atoms with E-state index in [1.54, 1.807) is 25.4 Å². The van der Waals surface area contributed by atoms with Gasteiger partial charge in [0.1, 0.15) is 17.5 Å². The van der Waals surface area contributed by atoms with E-state index in [1.165, 1.54) is 24.3 Å². The van der Waals surface area contributed by atoms with Crippen molar-refractivity contribution in [3.63, 3.8) is 0 Å². The van der Waals surface area contributed by atoms with Crippen molar-refractivity contribution in [2.24, 2.45) is 17.4 Å². The number of benzene rings is 1. The first-order chi connectivity index (χ1) is 13.8. The van der Waals surface area contributed by atoms with Gasteiger partial charge in [-0.25, -0.2) is 18.7 Å². The lowest BCUT2D eigenvalue weighted by Gasteiger charge is -2.19. The quantitative estimate of drug-likeness (QED) is 0.597. The molecule has 1 aromatic carbocycles. The largest absolute Gasteiger partial charge is 0.401 e. The molecule has 0 aliphatic rings. The van der Waals surface area contributed by atoms with Gasteiger partial charge in [-0.05, 0) is 55.5 Å². The summed E-state index contributed by atoms with van der Waals surface area (Å²) in [5, 5.41) is 0. The van der Waals surface area contributed by atoms with Crippen molar-refractivity contribution in [1.29, 1.82) is 0 Å². The molecule has 4 nitrogen and oxygen atoms in total. The zero-order valence-corrected chi connectivity index (χ0v) is 17.9. The molecule has 0 amide bonds. The molecular weight excluding hydrogens is 370 g/mol. The van der Waals surface area contributed by atoms with Crippen molar-refractivity contribution in [3.05, 3.63) is 77.0 Å². The van der Waals surface area contributed by atoms with Gasteiger partial charge in [-0.2, -0.15) is 0 Å². The molecule has 2 rings (SSSR count). The van der Waals surface area contributed by atoms with Crippen LogP contribution in [0, 0.1) is 17.6 Å². The van der Waals surface area contributed by atoms with Crippen LogP contribution in [0.15, 0.2) is 54.0 Å². The van der Waals surface area contributed by atoms with E-state index < -0.39 is 11.6 Å². The Kier molecular flexibility index (Phi) is 10.00. The Balaban J connectivity index is 0.00000204. The van der Waals surface area contributed by atoms with Gasteiger partial charge in [0.25, 0.3) is 0 Å². The van der Waals surface area contributed by atoms with Crippen molar-refractivity contribution in [3.8, 4) is 0 Å². The van der Waals surface area contributed by atoms with Crippen LogP contribution in [0.25, 0.3) is 5.70 Å². The molecule has 4 N–H and O–H groups in total. The van der Waals surface area contributed by atoms with E-state index in [2.05, 4.69) is 23.8 Å². The number of rotatable bonds is 7. The minimum absolute atomic E-state index is 0.0114.